The molecule has 22 heavy (non-hydrogen) atoms. The molecule has 0 aliphatic heterocycles. The molecular weight excluding hydrogens is 293 g/mol. The van der Waals surface area contributed by atoms with Gasteiger partial charge in [-0.1, -0.05) is 5.11 Å². The Labute approximate surface area is 124 Å². The first-order chi connectivity index (χ1) is 10.4. The lowest BCUT2D eigenvalue weighted by atomic mass is 10.0. The van der Waals surface area contributed by atoms with E-state index in [0.717, 1.165) is 0 Å². The fraction of sp³-hybridized carbons (Fsp3) is 0.538. The van der Waals surface area contributed by atoms with Gasteiger partial charge in [0.25, 0.3) is 5.56 Å². The fourth-order valence-corrected chi connectivity index (χ4v) is 2.56. The molecule has 1 aromatic heterocycles. The first-order valence-electron chi connectivity index (χ1n) is 6.78. The van der Waals surface area contributed by atoms with Gasteiger partial charge in [0.15, 0.2) is 0 Å². The zero-order valence-electron chi connectivity index (χ0n) is 12.2. The van der Waals surface area contributed by atoms with Crippen molar-refractivity contribution in [3.8, 4) is 0 Å². The molecule has 1 N–H and O–H groups in total. The third-order valence-electron chi connectivity index (χ3n) is 3.63. The maximum Gasteiger partial charge on any atom is 0.328 e. The van der Waals surface area contributed by atoms with Gasteiger partial charge in [-0.2, -0.15) is 0 Å². The van der Waals surface area contributed by atoms with E-state index in [1.54, 1.807) is 13.8 Å². The lowest BCUT2D eigenvalue weighted by Gasteiger charge is -2.28. The van der Waals surface area contributed by atoms with Crippen molar-refractivity contribution in [2.24, 2.45) is 5.11 Å². The Morgan fingerprint density at radius 1 is 1.64 bits per heavy atom. The lowest BCUT2D eigenvalue weighted by molar-refractivity contribution is -0.0210. The number of hydrogen-bond acceptors (Lipinski definition) is 4. The number of ether oxygens (including phenoxy) is 1. The van der Waals surface area contributed by atoms with Crippen LogP contribution in [0.1, 0.15) is 24.9 Å². The maximum atomic E-state index is 14.4. The first-order valence-corrected chi connectivity index (χ1v) is 6.78. The van der Waals surface area contributed by atoms with Crippen LogP contribution in [0.15, 0.2) is 32.8 Å². The molecule has 1 aliphatic carbocycles. The van der Waals surface area contributed by atoms with Crippen LogP contribution < -0.4 is 11.2 Å². The molecule has 9 heteroatoms. The highest BCUT2D eigenvalue weighted by Crippen LogP contribution is 2.40. The van der Waals surface area contributed by atoms with E-state index in [1.807, 2.05) is 0 Å². The molecule has 0 spiro atoms. The zero-order valence-corrected chi connectivity index (χ0v) is 12.2. The Bertz CT molecular complexity index is 762. The van der Waals surface area contributed by atoms with E-state index in [-0.39, 0.29) is 19.6 Å². The summed E-state index contributed by atoms with van der Waals surface area (Å²) in [6.07, 6.45) is 2.74. The average Bonchev–Trinajstić information content (AvgIpc) is 2.78. The molecule has 0 unspecified atom stereocenters. The number of halogens is 1. The van der Waals surface area contributed by atoms with Gasteiger partial charge in [-0.3, -0.25) is 14.3 Å². The third-order valence-corrected chi connectivity index (χ3v) is 3.63. The second-order valence-electron chi connectivity index (χ2n) is 5.08. The highest BCUT2D eigenvalue weighted by molar-refractivity contribution is 5.23. The lowest BCUT2D eigenvalue weighted by Crippen LogP contribution is -2.38. The van der Waals surface area contributed by atoms with E-state index in [9.17, 15) is 14.0 Å². The standard InChI is InChI=1S/C13H16FN5O3/c1-3-22-13(7-16-18-15)5-9(4-10(13)14)19-6-8(2)11(20)17-12(19)21/h4,6,9H,3,5,7H2,1-2H3,(H,17,20,21)/t9-,13+/m0/s1. The van der Waals surface area contributed by atoms with E-state index < -0.39 is 28.7 Å². The van der Waals surface area contributed by atoms with Gasteiger partial charge in [-0.25, -0.2) is 9.18 Å². The average molecular weight is 309 g/mol. The number of nitrogens with zero attached hydrogens (tertiary/aromatic N) is 4. The molecule has 0 fully saturated rings. The van der Waals surface area contributed by atoms with Crippen LogP contribution in [0.5, 0.6) is 0 Å². The minimum absolute atomic E-state index is 0.108. The monoisotopic (exact) mass is 309 g/mol. The Morgan fingerprint density at radius 3 is 3.00 bits per heavy atom. The summed E-state index contributed by atoms with van der Waals surface area (Å²) in [6, 6.07) is -0.622. The van der Waals surface area contributed by atoms with Crippen LogP contribution in [-0.2, 0) is 4.74 Å². The van der Waals surface area contributed by atoms with Crippen molar-refractivity contribution in [3.05, 3.63) is 54.9 Å². The van der Waals surface area contributed by atoms with E-state index in [1.165, 1.54) is 16.8 Å². The minimum atomic E-state index is -1.37. The molecule has 2 rings (SSSR count). The van der Waals surface area contributed by atoms with E-state index in [2.05, 4.69) is 15.0 Å². The maximum absolute atomic E-state index is 14.4. The summed E-state index contributed by atoms with van der Waals surface area (Å²) in [5.41, 5.74) is 6.33. The number of nitrogens with one attached hydrogen (secondary N) is 1. The van der Waals surface area contributed by atoms with Gasteiger partial charge in [0.05, 0.1) is 12.6 Å². The molecule has 2 atom stereocenters. The van der Waals surface area contributed by atoms with E-state index in [4.69, 9.17) is 10.3 Å². The summed E-state index contributed by atoms with van der Waals surface area (Å²) in [5, 5.41) is 3.41. The molecule has 118 valence electrons. The number of hydrogen-bond donors (Lipinski definition) is 1. The number of azide groups is 1. The van der Waals surface area contributed by atoms with Gasteiger partial charge in [-0.15, -0.1) is 0 Å². The van der Waals surface area contributed by atoms with E-state index in [0.29, 0.717) is 5.56 Å². The normalized spacial score (nSPS) is 24.0. The van der Waals surface area contributed by atoms with Gasteiger partial charge < -0.3 is 4.74 Å². The Balaban J connectivity index is 2.41. The highest BCUT2D eigenvalue weighted by Gasteiger charge is 2.43. The molecule has 0 amide bonds. The van der Waals surface area contributed by atoms with Gasteiger partial charge in [0.2, 0.25) is 0 Å². The van der Waals surface area contributed by atoms with Crippen molar-refractivity contribution in [3.63, 3.8) is 0 Å². The SMILES string of the molecule is CCO[C@@]1(CN=[N+]=[N-])C[C@@H](n2cc(C)c(=O)[nH]c2=O)C=C1F. The van der Waals surface area contributed by atoms with Gasteiger partial charge in [0, 0.05) is 29.7 Å². The Hall–Kier alpha value is -2.38. The van der Waals surface area contributed by atoms with Crippen molar-refractivity contribution >= 4 is 0 Å². The quantitative estimate of drug-likeness (QED) is 0.507. The molecule has 0 bridgehead atoms. The summed E-state index contributed by atoms with van der Waals surface area (Å²) in [4.78, 5) is 28.1. The molecular formula is C13H16FN5O3. The predicted molar refractivity (Wildman–Crippen MR) is 77.3 cm³/mol. The van der Waals surface area contributed by atoms with Crippen LogP contribution >= 0.6 is 0 Å². The molecule has 1 heterocycles. The van der Waals surface area contributed by atoms with Crippen LogP contribution in [-0.4, -0.2) is 28.3 Å². The summed E-state index contributed by atoms with van der Waals surface area (Å²) >= 11 is 0. The first kappa shape index (κ1) is 16.0. The van der Waals surface area contributed by atoms with Crippen molar-refractivity contribution in [2.75, 3.05) is 13.2 Å². The van der Waals surface area contributed by atoms with Crippen molar-refractivity contribution in [1.82, 2.24) is 9.55 Å². The van der Waals surface area contributed by atoms with Crippen LogP contribution in [0.25, 0.3) is 10.4 Å². The summed E-state index contributed by atoms with van der Waals surface area (Å²) in [5.74, 6) is -0.581. The molecule has 8 nitrogen and oxygen atoms in total. The molecule has 0 saturated heterocycles. The van der Waals surface area contributed by atoms with Gasteiger partial charge >= 0.3 is 5.69 Å². The molecule has 0 aromatic carbocycles. The van der Waals surface area contributed by atoms with E-state index >= 15 is 0 Å². The smallest absolute Gasteiger partial charge is 0.328 e. The number of aromatic nitrogens is 2. The summed E-state index contributed by atoms with van der Waals surface area (Å²) in [7, 11) is 0. The molecule has 0 radical (unpaired) electrons. The Kier molecular flexibility index (Phi) is 4.48. The molecule has 1 aromatic rings. The number of H-pyrrole nitrogens is 1. The number of aromatic amines is 1. The number of aryl methyl sites for hydroxylation is 1. The van der Waals surface area contributed by atoms with Gasteiger partial charge in [0.1, 0.15) is 11.4 Å². The fourth-order valence-electron chi connectivity index (χ4n) is 2.56. The molecule has 1 aliphatic rings. The minimum Gasteiger partial charge on any atom is -0.368 e. The van der Waals surface area contributed by atoms with Crippen LogP contribution in [0.4, 0.5) is 4.39 Å². The zero-order chi connectivity index (χ0) is 16.3. The Morgan fingerprint density at radius 2 is 2.36 bits per heavy atom. The second-order valence-corrected chi connectivity index (χ2v) is 5.08. The predicted octanol–water partition coefficient (Wildman–Crippen LogP) is 1.73. The largest absolute Gasteiger partial charge is 0.368 e. The topological polar surface area (TPSA) is 113 Å². The van der Waals surface area contributed by atoms with Crippen molar-refractivity contribution in [2.45, 2.75) is 31.9 Å². The van der Waals surface area contributed by atoms with Gasteiger partial charge in [-0.05, 0) is 25.5 Å². The molecule has 0 saturated carbocycles. The van der Waals surface area contributed by atoms with Crippen LogP contribution in [0, 0.1) is 6.92 Å². The van der Waals surface area contributed by atoms with Crippen molar-refractivity contribution in [1.29, 1.82) is 0 Å². The third kappa shape index (κ3) is 2.81. The number of rotatable bonds is 5. The second kappa shape index (κ2) is 6.17. The van der Waals surface area contributed by atoms with Crippen molar-refractivity contribution < 1.29 is 9.13 Å². The van der Waals surface area contributed by atoms with Crippen LogP contribution in [0.2, 0.25) is 0 Å². The highest BCUT2D eigenvalue weighted by atomic mass is 19.1. The summed E-state index contributed by atoms with van der Waals surface area (Å²) < 4.78 is 21.1. The summed E-state index contributed by atoms with van der Waals surface area (Å²) in [6.45, 7) is 3.29. The van der Waals surface area contributed by atoms with Crippen LogP contribution in [0.3, 0.4) is 0 Å². The number of allylic oxidation sites excluding steroid dienone is 1.